The summed E-state index contributed by atoms with van der Waals surface area (Å²) in [5.41, 5.74) is 1.01. The number of H-pyrrole nitrogens is 1. The van der Waals surface area contributed by atoms with Gasteiger partial charge in [-0.2, -0.15) is 5.10 Å². The lowest BCUT2D eigenvalue weighted by atomic mass is 10.2. The number of rotatable bonds is 1. The summed E-state index contributed by atoms with van der Waals surface area (Å²) in [6, 6.07) is 11.4. The molecular weight excluding hydrogens is 294 g/mol. The highest BCUT2D eigenvalue weighted by atomic mass is 16.2. The Kier molecular flexibility index (Phi) is 3.18. The summed E-state index contributed by atoms with van der Waals surface area (Å²) in [6.07, 6.45) is 0.554. The minimum atomic E-state index is -0.224. The molecule has 0 saturated heterocycles. The van der Waals surface area contributed by atoms with Crippen molar-refractivity contribution in [2.45, 2.75) is 13.0 Å². The molecule has 1 aliphatic heterocycles. The van der Waals surface area contributed by atoms with Gasteiger partial charge in [0.1, 0.15) is 11.5 Å². The number of hydrogen-bond acceptors (Lipinski definition) is 4. The predicted molar refractivity (Wildman–Crippen MR) is 84.2 cm³/mol. The molecule has 2 aromatic heterocycles. The summed E-state index contributed by atoms with van der Waals surface area (Å²) in [7, 11) is 0. The molecule has 4 rings (SSSR count). The maximum absolute atomic E-state index is 12.7. The first-order valence-electron chi connectivity index (χ1n) is 7.51. The van der Waals surface area contributed by atoms with Crippen LogP contribution in [0.5, 0.6) is 0 Å². The zero-order valence-electron chi connectivity index (χ0n) is 12.4. The zero-order chi connectivity index (χ0) is 15.8. The number of aromatic nitrogens is 4. The summed E-state index contributed by atoms with van der Waals surface area (Å²) in [6.45, 7) is 1.45. The number of pyridine rings is 1. The largest absolute Gasteiger partial charge is 0.343 e. The second-order valence-corrected chi connectivity index (χ2v) is 5.53. The zero-order valence-corrected chi connectivity index (χ0v) is 12.4. The Morgan fingerprint density at radius 1 is 1.09 bits per heavy atom. The molecule has 0 radical (unpaired) electrons. The Morgan fingerprint density at radius 2 is 1.96 bits per heavy atom. The number of hydrogen-bond donors (Lipinski definition) is 1. The van der Waals surface area contributed by atoms with Gasteiger partial charge >= 0.3 is 5.69 Å². The summed E-state index contributed by atoms with van der Waals surface area (Å²) in [5.74, 6) is 0.578. The minimum absolute atomic E-state index is 0.113. The SMILES string of the molecule is O=C(c1ccc2ccccc2n1)N1CCc2n[nH]c(=O)n2CC1. The number of carbonyl (C=O) groups excluding carboxylic acids is 1. The normalized spacial score (nSPS) is 14.5. The summed E-state index contributed by atoms with van der Waals surface area (Å²) >= 11 is 0. The van der Waals surface area contributed by atoms with E-state index < -0.39 is 0 Å². The molecule has 0 aliphatic carbocycles. The molecule has 0 fully saturated rings. The molecule has 1 N–H and O–H groups in total. The standard InChI is InChI=1S/C16H15N5O2/c22-15(13-6-5-11-3-1-2-4-12(11)17-13)20-8-7-14-18-19-16(23)21(14)10-9-20/h1-6H,7-10H2,(H,19,23). The molecule has 3 aromatic rings. The van der Waals surface area contributed by atoms with Crippen LogP contribution < -0.4 is 5.69 Å². The van der Waals surface area contributed by atoms with Gasteiger partial charge in [0.25, 0.3) is 5.91 Å². The van der Waals surface area contributed by atoms with Crippen LogP contribution in [0.2, 0.25) is 0 Å². The van der Waals surface area contributed by atoms with Gasteiger partial charge < -0.3 is 4.90 Å². The van der Waals surface area contributed by atoms with Crippen molar-refractivity contribution in [2.24, 2.45) is 0 Å². The van der Waals surface area contributed by atoms with E-state index in [1.807, 2.05) is 30.3 Å². The van der Waals surface area contributed by atoms with E-state index in [-0.39, 0.29) is 11.6 Å². The molecule has 116 valence electrons. The second kappa shape index (κ2) is 5.35. The molecule has 0 spiro atoms. The Labute approximate surface area is 131 Å². The Balaban J connectivity index is 1.60. The molecule has 1 amide bonds. The third kappa shape index (κ3) is 2.40. The molecule has 7 nitrogen and oxygen atoms in total. The van der Waals surface area contributed by atoms with E-state index in [2.05, 4.69) is 15.2 Å². The lowest BCUT2D eigenvalue weighted by molar-refractivity contribution is 0.0753. The summed E-state index contributed by atoms with van der Waals surface area (Å²) in [5, 5.41) is 7.45. The second-order valence-electron chi connectivity index (χ2n) is 5.53. The highest BCUT2D eigenvalue weighted by Gasteiger charge is 2.22. The van der Waals surface area contributed by atoms with Gasteiger partial charge in [-0.05, 0) is 12.1 Å². The fourth-order valence-corrected chi connectivity index (χ4v) is 2.89. The van der Waals surface area contributed by atoms with Gasteiger partial charge in [0.2, 0.25) is 0 Å². The first kappa shape index (κ1) is 13.7. The van der Waals surface area contributed by atoms with Gasteiger partial charge in [-0.3, -0.25) is 9.36 Å². The van der Waals surface area contributed by atoms with Crippen LogP contribution in [0.4, 0.5) is 0 Å². The van der Waals surface area contributed by atoms with Crippen LogP contribution in [-0.4, -0.2) is 43.6 Å². The lowest BCUT2D eigenvalue weighted by Crippen LogP contribution is -2.35. The van der Waals surface area contributed by atoms with Crippen molar-refractivity contribution in [1.29, 1.82) is 0 Å². The van der Waals surface area contributed by atoms with Gasteiger partial charge in [-0.15, -0.1) is 0 Å². The first-order chi connectivity index (χ1) is 11.2. The van der Waals surface area contributed by atoms with E-state index in [0.29, 0.717) is 37.6 Å². The Hall–Kier alpha value is -2.96. The van der Waals surface area contributed by atoms with Gasteiger partial charge in [0.05, 0.1) is 5.52 Å². The number of para-hydroxylation sites is 1. The Morgan fingerprint density at radius 3 is 2.87 bits per heavy atom. The maximum atomic E-state index is 12.7. The van der Waals surface area contributed by atoms with E-state index in [1.54, 1.807) is 15.5 Å². The van der Waals surface area contributed by atoms with E-state index in [1.165, 1.54) is 0 Å². The maximum Gasteiger partial charge on any atom is 0.343 e. The highest BCUT2D eigenvalue weighted by Crippen LogP contribution is 2.14. The van der Waals surface area contributed by atoms with E-state index in [9.17, 15) is 9.59 Å². The molecule has 0 unspecified atom stereocenters. The van der Waals surface area contributed by atoms with Crippen LogP contribution in [0, 0.1) is 0 Å². The van der Waals surface area contributed by atoms with Crippen molar-refractivity contribution in [2.75, 3.05) is 13.1 Å². The lowest BCUT2D eigenvalue weighted by Gasteiger charge is -2.19. The third-order valence-electron chi connectivity index (χ3n) is 4.14. The van der Waals surface area contributed by atoms with Crippen LogP contribution in [0.3, 0.4) is 0 Å². The third-order valence-corrected chi connectivity index (χ3v) is 4.14. The number of benzene rings is 1. The first-order valence-corrected chi connectivity index (χ1v) is 7.51. The van der Waals surface area contributed by atoms with Crippen LogP contribution in [-0.2, 0) is 13.0 Å². The summed E-state index contributed by atoms with van der Waals surface area (Å²) < 4.78 is 1.58. The molecule has 7 heteroatoms. The smallest absolute Gasteiger partial charge is 0.335 e. The topological polar surface area (TPSA) is 83.9 Å². The van der Waals surface area contributed by atoms with Gasteiger partial charge in [0.15, 0.2) is 0 Å². The van der Waals surface area contributed by atoms with Crippen LogP contribution in [0.1, 0.15) is 16.3 Å². The molecule has 0 saturated carbocycles. The van der Waals surface area contributed by atoms with Crippen molar-refractivity contribution in [1.82, 2.24) is 24.6 Å². The number of aromatic amines is 1. The van der Waals surface area contributed by atoms with Crippen LogP contribution in [0.25, 0.3) is 10.9 Å². The molecule has 1 aromatic carbocycles. The van der Waals surface area contributed by atoms with Gasteiger partial charge in [0, 0.05) is 31.4 Å². The number of nitrogens with zero attached hydrogens (tertiary/aromatic N) is 4. The van der Waals surface area contributed by atoms with Gasteiger partial charge in [-0.1, -0.05) is 24.3 Å². The van der Waals surface area contributed by atoms with Crippen LogP contribution in [0.15, 0.2) is 41.2 Å². The quantitative estimate of drug-likeness (QED) is 0.721. The van der Waals surface area contributed by atoms with Crippen molar-refractivity contribution in [3.8, 4) is 0 Å². The highest BCUT2D eigenvalue weighted by molar-refractivity contribution is 5.94. The molecule has 0 atom stereocenters. The number of nitrogens with one attached hydrogen (secondary N) is 1. The van der Waals surface area contributed by atoms with Gasteiger partial charge in [-0.25, -0.2) is 14.9 Å². The average Bonchev–Trinajstić information content (AvgIpc) is 2.81. The van der Waals surface area contributed by atoms with Crippen molar-refractivity contribution >= 4 is 16.8 Å². The monoisotopic (exact) mass is 309 g/mol. The molecule has 3 heterocycles. The number of amides is 1. The Bertz CT molecular complexity index is 943. The van der Waals surface area contributed by atoms with E-state index in [4.69, 9.17) is 0 Å². The molecular formula is C16H15N5O2. The van der Waals surface area contributed by atoms with Crippen molar-refractivity contribution in [3.05, 3.63) is 58.4 Å². The fraction of sp³-hybridized carbons (Fsp3) is 0.250. The van der Waals surface area contributed by atoms with E-state index in [0.717, 1.165) is 10.9 Å². The summed E-state index contributed by atoms with van der Waals surface area (Å²) in [4.78, 5) is 30.5. The minimum Gasteiger partial charge on any atom is -0.335 e. The fourth-order valence-electron chi connectivity index (χ4n) is 2.89. The molecule has 1 aliphatic rings. The molecule has 23 heavy (non-hydrogen) atoms. The van der Waals surface area contributed by atoms with E-state index >= 15 is 0 Å². The predicted octanol–water partition coefficient (Wildman–Crippen LogP) is 0.818. The average molecular weight is 309 g/mol. The molecule has 0 bridgehead atoms. The number of fused-ring (bicyclic) bond motifs is 2. The number of carbonyl (C=O) groups is 1. The van der Waals surface area contributed by atoms with Crippen molar-refractivity contribution in [3.63, 3.8) is 0 Å². The van der Waals surface area contributed by atoms with Crippen molar-refractivity contribution < 1.29 is 4.79 Å². The van der Waals surface area contributed by atoms with Crippen LogP contribution >= 0.6 is 0 Å².